The molecule has 0 atom stereocenters. The van der Waals surface area contributed by atoms with Gasteiger partial charge in [-0.15, -0.1) is 0 Å². The van der Waals surface area contributed by atoms with Crippen LogP contribution in [0.4, 0.5) is 5.69 Å². The number of nitrogen functional groups attached to an aromatic ring is 1. The zero-order valence-electron chi connectivity index (χ0n) is 15.2. The second-order valence-corrected chi connectivity index (χ2v) is 9.12. The summed E-state index contributed by atoms with van der Waals surface area (Å²) in [7, 11) is 0. The Morgan fingerprint density at radius 2 is 1.52 bits per heavy atom. The third kappa shape index (κ3) is 4.75. The van der Waals surface area contributed by atoms with Crippen LogP contribution in [0.25, 0.3) is 0 Å². The van der Waals surface area contributed by atoms with Crippen molar-refractivity contribution in [3.8, 4) is 5.75 Å². The highest BCUT2D eigenvalue weighted by molar-refractivity contribution is 6.42. The summed E-state index contributed by atoms with van der Waals surface area (Å²) in [4.78, 5) is 0. The van der Waals surface area contributed by atoms with Crippen molar-refractivity contribution in [2.45, 2.75) is 45.4 Å². The summed E-state index contributed by atoms with van der Waals surface area (Å²) in [6.45, 7) is 10.8. The molecule has 0 saturated heterocycles. The average molecular weight is 401 g/mol. The quantitative estimate of drug-likeness (QED) is 0.567. The lowest BCUT2D eigenvalue weighted by atomic mass is 9.85. The summed E-state index contributed by atoms with van der Waals surface area (Å²) in [5.74, 6) is 0.687. The molecule has 2 rings (SSSR count). The Labute approximate surface area is 165 Å². The molecular weight excluding hydrogens is 377 g/mol. The third-order valence-corrected chi connectivity index (χ3v) is 5.26. The average Bonchev–Trinajstić information content (AvgIpc) is 2.49. The smallest absolute Gasteiger partial charge is 0.121 e. The van der Waals surface area contributed by atoms with Gasteiger partial charge in [0.2, 0.25) is 0 Å². The van der Waals surface area contributed by atoms with E-state index in [-0.39, 0.29) is 10.8 Å². The first-order valence-corrected chi connectivity index (χ1v) is 9.23. The van der Waals surface area contributed by atoms with Gasteiger partial charge in [-0.2, -0.15) is 0 Å². The van der Waals surface area contributed by atoms with E-state index in [1.807, 2.05) is 18.2 Å². The molecule has 0 bridgehead atoms. The second kappa shape index (κ2) is 7.26. The van der Waals surface area contributed by atoms with Crippen LogP contribution in [-0.4, -0.2) is 6.61 Å². The lowest BCUT2D eigenvalue weighted by Gasteiger charge is -2.28. The van der Waals surface area contributed by atoms with Crippen molar-refractivity contribution in [2.24, 2.45) is 0 Å². The van der Waals surface area contributed by atoms with Gasteiger partial charge >= 0.3 is 0 Å². The van der Waals surface area contributed by atoms with E-state index in [0.29, 0.717) is 33.1 Å². The SMILES string of the molecule is CC(C)(C)c1cc(OCC(C)(C)c2cc(N)ccc2Cl)cc(Cl)c1Cl. The normalized spacial score (nSPS) is 12.3. The van der Waals surface area contributed by atoms with Crippen LogP contribution in [0.3, 0.4) is 0 Å². The van der Waals surface area contributed by atoms with Crippen LogP contribution in [0.1, 0.15) is 45.7 Å². The van der Waals surface area contributed by atoms with E-state index in [1.54, 1.807) is 12.1 Å². The van der Waals surface area contributed by atoms with Crippen molar-refractivity contribution in [3.05, 3.63) is 56.5 Å². The topological polar surface area (TPSA) is 35.2 Å². The van der Waals surface area contributed by atoms with Crippen molar-refractivity contribution >= 4 is 40.5 Å². The molecule has 0 saturated carbocycles. The van der Waals surface area contributed by atoms with Crippen molar-refractivity contribution in [2.75, 3.05) is 12.3 Å². The number of anilines is 1. The van der Waals surface area contributed by atoms with Gasteiger partial charge < -0.3 is 10.5 Å². The van der Waals surface area contributed by atoms with Gasteiger partial charge in [0.15, 0.2) is 0 Å². The Hall–Kier alpha value is -1.09. The van der Waals surface area contributed by atoms with Crippen LogP contribution in [0, 0.1) is 0 Å². The molecule has 0 fully saturated rings. The van der Waals surface area contributed by atoms with Gasteiger partial charge in [-0.25, -0.2) is 0 Å². The first kappa shape index (κ1) is 20.2. The lowest BCUT2D eigenvalue weighted by molar-refractivity contribution is 0.240. The summed E-state index contributed by atoms with van der Waals surface area (Å²) in [5, 5.41) is 1.73. The Balaban J connectivity index is 2.29. The summed E-state index contributed by atoms with van der Waals surface area (Å²) in [5.41, 5.74) is 8.04. The van der Waals surface area contributed by atoms with E-state index in [2.05, 4.69) is 34.6 Å². The van der Waals surface area contributed by atoms with Crippen molar-refractivity contribution in [1.82, 2.24) is 0 Å². The fourth-order valence-corrected chi connectivity index (χ4v) is 3.57. The van der Waals surface area contributed by atoms with Gasteiger partial charge in [0.1, 0.15) is 5.75 Å². The predicted molar refractivity (Wildman–Crippen MR) is 110 cm³/mol. The van der Waals surface area contributed by atoms with Gasteiger partial charge in [0.25, 0.3) is 0 Å². The summed E-state index contributed by atoms with van der Waals surface area (Å²) in [6, 6.07) is 9.19. The minimum absolute atomic E-state index is 0.132. The molecule has 136 valence electrons. The first-order chi connectivity index (χ1) is 11.4. The van der Waals surface area contributed by atoms with E-state index >= 15 is 0 Å². The molecule has 2 aromatic rings. The largest absolute Gasteiger partial charge is 0.493 e. The molecule has 0 aliphatic carbocycles. The van der Waals surface area contributed by atoms with Gasteiger partial charge in [0, 0.05) is 22.2 Å². The number of nitrogens with two attached hydrogens (primary N) is 1. The molecule has 0 spiro atoms. The minimum atomic E-state index is -0.319. The third-order valence-electron chi connectivity index (χ3n) is 4.13. The van der Waals surface area contributed by atoms with E-state index in [4.69, 9.17) is 45.3 Å². The van der Waals surface area contributed by atoms with E-state index < -0.39 is 0 Å². The molecule has 0 aromatic heterocycles. The van der Waals surface area contributed by atoms with Crippen LogP contribution >= 0.6 is 34.8 Å². The number of rotatable bonds is 4. The molecule has 0 heterocycles. The van der Waals surface area contributed by atoms with E-state index in [9.17, 15) is 0 Å². The Bertz CT molecular complexity index is 779. The molecule has 0 unspecified atom stereocenters. The molecule has 2 N–H and O–H groups in total. The molecule has 25 heavy (non-hydrogen) atoms. The van der Waals surface area contributed by atoms with Crippen molar-refractivity contribution < 1.29 is 4.74 Å². The summed E-state index contributed by atoms with van der Waals surface area (Å²) in [6.07, 6.45) is 0. The molecule has 0 radical (unpaired) electrons. The molecule has 0 amide bonds. The molecule has 0 aliphatic heterocycles. The predicted octanol–water partition coefficient (Wildman–Crippen LogP) is 6.88. The standard InChI is InChI=1S/C20H24Cl3NO/c1-19(2,3)15-9-13(10-17(22)18(15)23)25-11-20(4,5)14-8-12(24)6-7-16(14)21/h6-10H,11,24H2,1-5H3. The van der Waals surface area contributed by atoms with Gasteiger partial charge in [-0.05, 0) is 40.8 Å². The molecular formula is C20H24Cl3NO. The van der Waals surface area contributed by atoms with Crippen LogP contribution in [0.15, 0.2) is 30.3 Å². The fraction of sp³-hybridized carbons (Fsp3) is 0.400. The monoisotopic (exact) mass is 399 g/mol. The van der Waals surface area contributed by atoms with Crippen molar-refractivity contribution in [3.63, 3.8) is 0 Å². The van der Waals surface area contributed by atoms with E-state index in [1.165, 1.54) is 0 Å². The molecule has 0 aliphatic rings. The number of benzene rings is 2. The molecule has 2 nitrogen and oxygen atoms in total. The Morgan fingerprint density at radius 1 is 0.880 bits per heavy atom. The number of halogens is 3. The Morgan fingerprint density at radius 3 is 2.12 bits per heavy atom. The van der Waals surface area contributed by atoms with E-state index in [0.717, 1.165) is 11.1 Å². The fourth-order valence-electron chi connectivity index (χ4n) is 2.60. The maximum atomic E-state index is 6.36. The zero-order valence-corrected chi connectivity index (χ0v) is 17.5. The maximum absolute atomic E-state index is 6.36. The van der Waals surface area contributed by atoms with Crippen LogP contribution in [0.2, 0.25) is 15.1 Å². The maximum Gasteiger partial charge on any atom is 0.121 e. The van der Waals surface area contributed by atoms with Crippen LogP contribution in [-0.2, 0) is 10.8 Å². The van der Waals surface area contributed by atoms with Crippen molar-refractivity contribution in [1.29, 1.82) is 0 Å². The second-order valence-electron chi connectivity index (χ2n) is 7.93. The Kier molecular flexibility index (Phi) is 5.88. The highest BCUT2D eigenvalue weighted by Gasteiger charge is 2.26. The number of ether oxygens (including phenoxy) is 1. The van der Waals surface area contributed by atoms with Gasteiger partial charge in [-0.1, -0.05) is 69.4 Å². The van der Waals surface area contributed by atoms with Gasteiger partial charge in [-0.3, -0.25) is 0 Å². The van der Waals surface area contributed by atoms with Crippen LogP contribution in [0.5, 0.6) is 5.75 Å². The molecule has 5 heteroatoms. The number of hydrogen-bond acceptors (Lipinski definition) is 2. The highest BCUT2D eigenvalue weighted by Crippen LogP contribution is 2.39. The summed E-state index contributed by atoms with van der Waals surface area (Å²) < 4.78 is 6.05. The zero-order chi connectivity index (χ0) is 19.0. The molecule has 2 aromatic carbocycles. The first-order valence-electron chi connectivity index (χ1n) is 8.09. The van der Waals surface area contributed by atoms with Gasteiger partial charge in [0.05, 0.1) is 16.7 Å². The lowest BCUT2D eigenvalue weighted by Crippen LogP contribution is -2.27. The highest BCUT2D eigenvalue weighted by atomic mass is 35.5. The summed E-state index contributed by atoms with van der Waals surface area (Å²) >= 11 is 19.0. The minimum Gasteiger partial charge on any atom is -0.493 e. The van der Waals surface area contributed by atoms with Crippen LogP contribution < -0.4 is 10.5 Å². The number of hydrogen-bond donors (Lipinski definition) is 1.